The molecule has 3 aliphatic rings. The minimum Gasteiger partial charge on any atom is -0.494 e. The number of carboxylic acids is 1. The molecule has 2 aliphatic heterocycles. The number of hydrogen-bond acceptors (Lipinski definition) is 4. The molecule has 0 atom stereocenters. The average molecular weight is 544 g/mol. The first kappa shape index (κ1) is 27.2. The Morgan fingerprint density at radius 3 is 2.38 bits per heavy atom. The zero-order chi connectivity index (χ0) is 27.5. The van der Waals surface area contributed by atoms with E-state index in [2.05, 4.69) is 38.6 Å². The molecule has 0 unspecified atom stereocenters. The van der Waals surface area contributed by atoms with E-state index in [-0.39, 0.29) is 0 Å². The maximum absolute atomic E-state index is 12.0. The van der Waals surface area contributed by atoms with Crippen LogP contribution in [0.5, 0.6) is 5.75 Å². The Bertz CT molecular complexity index is 1330. The third-order valence-electron chi connectivity index (χ3n) is 9.47. The summed E-state index contributed by atoms with van der Waals surface area (Å²) >= 11 is 0. The van der Waals surface area contributed by atoms with Gasteiger partial charge in [0.05, 0.1) is 17.9 Å². The van der Waals surface area contributed by atoms with E-state index in [4.69, 9.17) is 4.74 Å². The van der Waals surface area contributed by atoms with Crippen molar-refractivity contribution >= 4 is 22.6 Å². The molecule has 0 bridgehead atoms. The number of likely N-dealkylation sites (tertiary alicyclic amines) is 1. The van der Waals surface area contributed by atoms with Gasteiger partial charge in [0.15, 0.2) is 0 Å². The van der Waals surface area contributed by atoms with Crippen molar-refractivity contribution in [1.29, 1.82) is 0 Å². The predicted molar refractivity (Wildman–Crippen MR) is 163 cm³/mol. The fourth-order valence-corrected chi connectivity index (χ4v) is 7.44. The fraction of sp³-hybridized carbons (Fsp3) is 0.559. The third kappa shape index (κ3) is 5.47. The smallest absolute Gasteiger partial charge is 0.335 e. The molecule has 6 heteroatoms. The van der Waals surface area contributed by atoms with Crippen molar-refractivity contribution < 1.29 is 14.6 Å². The number of benzene rings is 2. The van der Waals surface area contributed by atoms with Gasteiger partial charge in [-0.2, -0.15) is 0 Å². The highest BCUT2D eigenvalue weighted by molar-refractivity contribution is 5.99. The quantitative estimate of drug-likeness (QED) is 0.334. The van der Waals surface area contributed by atoms with Gasteiger partial charge in [-0.15, -0.1) is 0 Å². The minimum atomic E-state index is -0.859. The van der Waals surface area contributed by atoms with E-state index in [0.29, 0.717) is 18.1 Å². The summed E-state index contributed by atoms with van der Waals surface area (Å²) in [5.74, 6) is 0.576. The maximum atomic E-state index is 12.0. The number of carboxylic acid groups (broad SMARTS) is 1. The van der Waals surface area contributed by atoms with Crippen molar-refractivity contribution in [1.82, 2.24) is 9.47 Å². The number of hydrogen-bond donors (Lipinski definition) is 1. The van der Waals surface area contributed by atoms with Crippen LogP contribution in [0.3, 0.4) is 0 Å². The van der Waals surface area contributed by atoms with Crippen molar-refractivity contribution in [2.24, 2.45) is 0 Å². The van der Waals surface area contributed by atoms with Gasteiger partial charge in [0, 0.05) is 54.4 Å². The summed E-state index contributed by atoms with van der Waals surface area (Å²) in [6.07, 6.45) is 13.0. The molecular weight excluding hydrogens is 498 g/mol. The van der Waals surface area contributed by atoms with Crippen molar-refractivity contribution in [3.8, 4) is 17.0 Å². The number of nitrogens with zero attached hydrogens (tertiary/aromatic N) is 3. The molecule has 1 saturated carbocycles. The van der Waals surface area contributed by atoms with Crippen LogP contribution in [0.1, 0.15) is 93.0 Å². The minimum absolute atomic E-state index is 0.369. The first-order chi connectivity index (χ1) is 19.6. The lowest BCUT2D eigenvalue weighted by atomic mass is 9.81. The second-order valence-corrected chi connectivity index (χ2v) is 12.0. The standard InChI is InChI=1S/C34H45N3O3/c1-2-40-27-14-16-29-30(24-27)36(20-19-35-17-9-4-3-5-10-18-35)21-22-37-31-23-26(34(38)39)13-15-28(31)32(33(29)37)25-11-7-6-8-12-25/h13-16,23-25H,2-12,17-22H2,1H3,(H,38,39). The number of carbonyl (C=O) groups is 1. The van der Waals surface area contributed by atoms with Gasteiger partial charge in [-0.1, -0.05) is 44.6 Å². The lowest BCUT2D eigenvalue weighted by molar-refractivity contribution is 0.0697. The van der Waals surface area contributed by atoms with Crippen molar-refractivity contribution in [2.75, 3.05) is 44.2 Å². The lowest BCUT2D eigenvalue weighted by Crippen LogP contribution is -2.37. The van der Waals surface area contributed by atoms with Crippen molar-refractivity contribution in [3.63, 3.8) is 0 Å². The van der Waals surface area contributed by atoms with Gasteiger partial charge in [0.1, 0.15) is 5.75 Å². The number of anilines is 1. The van der Waals surface area contributed by atoms with Gasteiger partial charge in [0.25, 0.3) is 0 Å². The van der Waals surface area contributed by atoms with Crippen LogP contribution in [0.25, 0.3) is 22.2 Å². The largest absolute Gasteiger partial charge is 0.494 e. The lowest BCUT2D eigenvalue weighted by Gasteiger charge is -2.30. The third-order valence-corrected chi connectivity index (χ3v) is 9.47. The molecule has 3 heterocycles. The molecule has 1 saturated heterocycles. The van der Waals surface area contributed by atoms with E-state index < -0.39 is 5.97 Å². The summed E-state index contributed by atoms with van der Waals surface area (Å²) in [6, 6.07) is 12.4. The molecule has 40 heavy (non-hydrogen) atoms. The van der Waals surface area contributed by atoms with Crippen LogP contribution in [0.2, 0.25) is 0 Å². The Hall–Kier alpha value is -2.99. The summed E-state index contributed by atoms with van der Waals surface area (Å²) in [4.78, 5) is 17.2. The maximum Gasteiger partial charge on any atom is 0.335 e. The summed E-state index contributed by atoms with van der Waals surface area (Å²) in [5.41, 5.74) is 6.70. The Morgan fingerprint density at radius 1 is 0.875 bits per heavy atom. The number of fused-ring (bicyclic) bond motifs is 5. The van der Waals surface area contributed by atoms with Gasteiger partial charge in [-0.3, -0.25) is 0 Å². The highest BCUT2D eigenvalue weighted by atomic mass is 16.5. The van der Waals surface area contributed by atoms with Crippen LogP contribution in [0, 0.1) is 0 Å². The Labute approximate surface area is 238 Å². The molecule has 3 aromatic rings. The first-order valence-electron chi connectivity index (χ1n) is 15.8. The second-order valence-electron chi connectivity index (χ2n) is 12.0. The number of ether oxygens (including phenoxy) is 1. The second kappa shape index (κ2) is 12.3. The Kier molecular flexibility index (Phi) is 8.33. The van der Waals surface area contributed by atoms with E-state index >= 15 is 0 Å². The van der Waals surface area contributed by atoms with E-state index in [1.54, 1.807) is 6.07 Å². The van der Waals surface area contributed by atoms with Crippen molar-refractivity contribution in [3.05, 3.63) is 47.5 Å². The molecule has 2 aromatic carbocycles. The molecule has 1 N–H and O–H groups in total. The topological polar surface area (TPSA) is 57.9 Å². The number of rotatable bonds is 7. The summed E-state index contributed by atoms with van der Waals surface area (Å²) in [6.45, 7) is 8.91. The molecule has 0 radical (unpaired) electrons. The predicted octanol–water partition coefficient (Wildman–Crippen LogP) is 7.54. The normalized spacial score (nSPS) is 19.0. The van der Waals surface area contributed by atoms with E-state index in [1.807, 2.05) is 13.0 Å². The van der Waals surface area contributed by atoms with Gasteiger partial charge in [-0.25, -0.2) is 4.79 Å². The molecular formula is C34H45N3O3. The Morgan fingerprint density at radius 2 is 1.62 bits per heavy atom. The summed E-state index contributed by atoms with van der Waals surface area (Å²) < 4.78 is 8.46. The first-order valence-corrected chi connectivity index (χ1v) is 15.8. The van der Waals surface area contributed by atoms with Gasteiger partial charge < -0.3 is 24.2 Å². The fourth-order valence-electron chi connectivity index (χ4n) is 7.44. The molecule has 1 aliphatic carbocycles. The van der Waals surface area contributed by atoms with E-state index in [9.17, 15) is 9.90 Å². The summed E-state index contributed by atoms with van der Waals surface area (Å²) in [7, 11) is 0. The van der Waals surface area contributed by atoms with E-state index in [0.717, 1.165) is 37.4 Å². The molecule has 1 aromatic heterocycles. The molecule has 214 valence electrons. The zero-order valence-electron chi connectivity index (χ0n) is 24.2. The molecule has 6 nitrogen and oxygen atoms in total. The SMILES string of the molecule is CCOc1ccc2c(c1)N(CCN1CCCCCCC1)CCn1c-2c(C2CCCCC2)c2ccc(C(=O)O)cc21. The van der Waals surface area contributed by atoms with Crippen LogP contribution >= 0.6 is 0 Å². The molecule has 6 rings (SSSR count). The number of aromatic carboxylic acids is 1. The van der Waals surface area contributed by atoms with Crippen LogP contribution < -0.4 is 9.64 Å². The highest BCUT2D eigenvalue weighted by Gasteiger charge is 2.31. The number of aromatic nitrogens is 1. The van der Waals surface area contributed by atoms with Gasteiger partial charge in [-0.05, 0) is 81.4 Å². The van der Waals surface area contributed by atoms with E-state index in [1.165, 1.54) is 105 Å². The van der Waals surface area contributed by atoms with Crippen LogP contribution in [-0.4, -0.2) is 59.9 Å². The zero-order valence-corrected chi connectivity index (χ0v) is 24.2. The summed E-state index contributed by atoms with van der Waals surface area (Å²) in [5, 5.41) is 11.1. The molecule has 0 spiro atoms. The Balaban J connectivity index is 1.45. The molecule has 0 amide bonds. The van der Waals surface area contributed by atoms with Crippen LogP contribution in [0.4, 0.5) is 5.69 Å². The van der Waals surface area contributed by atoms with Crippen LogP contribution in [-0.2, 0) is 6.54 Å². The van der Waals surface area contributed by atoms with Gasteiger partial charge in [0.2, 0.25) is 0 Å². The molecule has 2 fully saturated rings. The van der Waals surface area contributed by atoms with Gasteiger partial charge >= 0.3 is 5.97 Å². The van der Waals surface area contributed by atoms with Crippen LogP contribution in [0.15, 0.2) is 36.4 Å². The average Bonchev–Trinajstić information content (AvgIpc) is 3.19. The highest BCUT2D eigenvalue weighted by Crippen LogP contribution is 2.48. The van der Waals surface area contributed by atoms with Crippen molar-refractivity contribution in [2.45, 2.75) is 83.6 Å². The monoisotopic (exact) mass is 543 g/mol.